The van der Waals surface area contributed by atoms with Crippen molar-refractivity contribution in [2.24, 2.45) is 11.8 Å². The Bertz CT molecular complexity index is 527. The number of alkyl carbamates (subject to hydrolysis) is 1. The molecule has 120 valence electrons. The fourth-order valence-electron chi connectivity index (χ4n) is 1.85. The van der Waals surface area contributed by atoms with E-state index in [4.69, 9.17) is 9.84 Å². The predicted octanol–water partition coefficient (Wildman–Crippen LogP) is 2.23. The molecule has 1 amide bonds. The van der Waals surface area contributed by atoms with Gasteiger partial charge in [0.25, 0.3) is 0 Å². The quantitative estimate of drug-likeness (QED) is 0.754. The smallest absolute Gasteiger partial charge is 0.408 e. The molecule has 0 radical (unpaired) electrons. The standard InChI is InChI=1S/C16H21NO5/c1-10(2)13(14(18)11(3)15(19)20)17-16(21)22-9-12-7-5-4-6-8-12/h4-8,10-11,13H,9H2,1-3H3,(H,17,21)(H,19,20)/t11?,13-/m0/s1. The number of carboxylic acids is 1. The number of nitrogens with one attached hydrogen (secondary N) is 1. The van der Waals surface area contributed by atoms with Gasteiger partial charge >= 0.3 is 12.1 Å². The lowest BCUT2D eigenvalue weighted by molar-refractivity contribution is -0.146. The van der Waals surface area contributed by atoms with Gasteiger partial charge in [0.2, 0.25) is 0 Å². The molecule has 0 heterocycles. The number of ketones is 1. The molecule has 0 saturated heterocycles. The minimum Gasteiger partial charge on any atom is -0.481 e. The third-order valence-electron chi connectivity index (χ3n) is 3.26. The molecule has 0 aromatic heterocycles. The first-order valence-corrected chi connectivity index (χ1v) is 7.06. The summed E-state index contributed by atoms with van der Waals surface area (Å²) in [6.07, 6.45) is -0.742. The van der Waals surface area contributed by atoms with Crippen molar-refractivity contribution < 1.29 is 24.2 Å². The summed E-state index contributed by atoms with van der Waals surface area (Å²) in [6.45, 7) is 4.85. The molecule has 22 heavy (non-hydrogen) atoms. The summed E-state index contributed by atoms with van der Waals surface area (Å²) in [5, 5.41) is 11.4. The lowest BCUT2D eigenvalue weighted by Crippen LogP contribution is -2.47. The van der Waals surface area contributed by atoms with Crippen molar-refractivity contribution in [3.8, 4) is 0 Å². The zero-order valence-electron chi connectivity index (χ0n) is 12.9. The highest BCUT2D eigenvalue weighted by Crippen LogP contribution is 2.11. The average molecular weight is 307 g/mol. The molecule has 6 nitrogen and oxygen atoms in total. The number of benzene rings is 1. The lowest BCUT2D eigenvalue weighted by atomic mass is 9.92. The van der Waals surface area contributed by atoms with Gasteiger partial charge in [0.1, 0.15) is 12.5 Å². The van der Waals surface area contributed by atoms with Crippen LogP contribution < -0.4 is 5.32 Å². The molecule has 0 aliphatic rings. The largest absolute Gasteiger partial charge is 0.481 e. The Kier molecular flexibility index (Phi) is 6.56. The second-order valence-electron chi connectivity index (χ2n) is 5.39. The molecule has 1 aromatic carbocycles. The van der Waals surface area contributed by atoms with E-state index in [0.29, 0.717) is 0 Å². The van der Waals surface area contributed by atoms with Crippen molar-refractivity contribution in [1.29, 1.82) is 0 Å². The Morgan fingerprint density at radius 2 is 1.73 bits per heavy atom. The van der Waals surface area contributed by atoms with Crippen LogP contribution in [0.2, 0.25) is 0 Å². The first-order chi connectivity index (χ1) is 10.3. The SMILES string of the molecule is CC(C(=O)O)C(=O)[C@@H](NC(=O)OCc1ccccc1)C(C)C. The molecule has 2 N–H and O–H groups in total. The number of rotatable bonds is 7. The summed E-state index contributed by atoms with van der Waals surface area (Å²) in [4.78, 5) is 34.8. The molecule has 1 rings (SSSR count). The van der Waals surface area contributed by atoms with Gasteiger partial charge in [-0.05, 0) is 18.4 Å². The van der Waals surface area contributed by atoms with Gasteiger partial charge in [-0.3, -0.25) is 9.59 Å². The van der Waals surface area contributed by atoms with Crippen LogP contribution in [-0.4, -0.2) is 29.0 Å². The number of hydrogen-bond donors (Lipinski definition) is 2. The van der Waals surface area contributed by atoms with E-state index in [1.807, 2.05) is 30.3 Å². The van der Waals surface area contributed by atoms with E-state index in [9.17, 15) is 14.4 Å². The highest BCUT2D eigenvalue weighted by Gasteiger charge is 2.32. The molecule has 6 heteroatoms. The van der Waals surface area contributed by atoms with E-state index in [0.717, 1.165) is 5.56 Å². The summed E-state index contributed by atoms with van der Waals surface area (Å²) in [5.74, 6) is -3.17. The van der Waals surface area contributed by atoms with Gasteiger partial charge in [-0.2, -0.15) is 0 Å². The second kappa shape index (κ2) is 8.17. The zero-order chi connectivity index (χ0) is 16.7. The molecular formula is C16H21NO5. The molecule has 1 aromatic rings. The average Bonchev–Trinajstić information content (AvgIpc) is 2.49. The number of amides is 1. The van der Waals surface area contributed by atoms with Gasteiger partial charge in [0.15, 0.2) is 5.78 Å². The number of hydrogen-bond acceptors (Lipinski definition) is 4. The van der Waals surface area contributed by atoms with Gasteiger partial charge in [0, 0.05) is 0 Å². The Balaban J connectivity index is 2.61. The van der Waals surface area contributed by atoms with Crippen molar-refractivity contribution in [3.05, 3.63) is 35.9 Å². The van der Waals surface area contributed by atoms with Crippen molar-refractivity contribution in [1.82, 2.24) is 5.32 Å². The number of aliphatic carboxylic acids is 1. The molecule has 2 atom stereocenters. The van der Waals surface area contributed by atoms with E-state index in [1.165, 1.54) is 6.92 Å². The molecule has 0 aliphatic heterocycles. The minimum absolute atomic E-state index is 0.0835. The van der Waals surface area contributed by atoms with E-state index >= 15 is 0 Å². The van der Waals surface area contributed by atoms with E-state index in [1.54, 1.807) is 13.8 Å². The van der Waals surface area contributed by atoms with Crippen LogP contribution in [0.1, 0.15) is 26.3 Å². The Morgan fingerprint density at radius 3 is 2.23 bits per heavy atom. The van der Waals surface area contributed by atoms with Gasteiger partial charge < -0.3 is 15.2 Å². The highest BCUT2D eigenvalue weighted by molar-refractivity contribution is 6.01. The maximum atomic E-state index is 12.1. The van der Waals surface area contributed by atoms with Crippen molar-refractivity contribution >= 4 is 17.8 Å². The van der Waals surface area contributed by atoms with Crippen molar-refractivity contribution in [3.63, 3.8) is 0 Å². The number of carbonyl (C=O) groups excluding carboxylic acids is 2. The Morgan fingerprint density at radius 1 is 1.14 bits per heavy atom. The van der Waals surface area contributed by atoms with Crippen LogP contribution in [0.25, 0.3) is 0 Å². The molecule has 0 aliphatic carbocycles. The van der Waals surface area contributed by atoms with Crippen molar-refractivity contribution in [2.45, 2.75) is 33.4 Å². The predicted molar refractivity (Wildman–Crippen MR) is 80.2 cm³/mol. The van der Waals surface area contributed by atoms with Gasteiger partial charge in [-0.25, -0.2) is 4.79 Å². The molecule has 0 spiro atoms. The number of carboxylic acid groups (broad SMARTS) is 1. The second-order valence-corrected chi connectivity index (χ2v) is 5.39. The van der Waals surface area contributed by atoms with E-state index < -0.39 is 29.8 Å². The first-order valence-electron chi connectivity index (χ1n) is 7.06. The van der Waals surface area contributed by atoms with E-state index in [2.05, 4.69) is 5.32 Å². The van der Waals surface area contributed by atoms with Gasteiger partial charge in [-0.15, -0.1) is 0 Å². The third kappa shape index (κ3) is 5.20. The first kappa shape index (κ1) is 17.7. The zero-order valence-corrected chi connectivity index (χ0v) is 12.9. The van der Waals surface area contributed by atoms with Gasteiger partial charge in [0.05, 0.1) is 6.04 Å². The van der Waals surface area contributed by atoms with Crippen LogP contribution in [0, 0.1) is 11.8 Å². The summed E-state index contributed by atoms with van der Waals surface area (Å²) in [7, 11) is 0. The van der Waals surface area contributed by atoms with Crippen LogP contribution >= 0.6 is 0 Å². The minimum atomic E-state index is -1.21. The fraction of sp³-hybridized carbons (Fsp3) is 0.438. The summed E-state index contributed by atoms with van der Waals surface area (Å²) in [5.41, 5.74) is 0.823. The Labute approximate surface area is 129 Å². The lowest BCUT2D eigenvalue weighted by Gasteiger charge is -2.22. The molecule has 0 saturated carbocycles. The number of carbonyl (C=O) groups is 3. The normalized spacial score (nSPS) is 13.3. The van der Waals surface area contributed by atoms with Crippen LogP contribution in [0.4, 0.5) is 4.79 Å². The number of Topliss-reactive ketones (excluding diaryl/α,β-unsaturated/α-hetero) is 1. The van der Waals surface area contributed by atoms with Crippen LogP contribution in [0.15, 0.2) is 30.3 Å². The maximum absolute atomic E-state index is 12.1. The highest BCUT2D eigenvalue weighted by atomic mass is 16.5. The molecule has 0 bridgehead atoms. The molecule has 0 fully saturated rings. The molecular weight excluding hydrogens is 286 g/mol. The summed E-state index contributed by atoms with van der Waals surface area (Å²) < 4.78 is 5.05. The summed E-state index contributed by atoms with van der Waals surface area (Å²) >= 11 is 0. The van der Waals surface area contributed by atoms with Crippen LogP contribution in [-0.2, 0) is 20.9 Å². The van der Waals surface area contributed by atoms with Crippen molar-refractivity contribution in [2.75, 3.05) is 0 Å². The monoisotopic (exact) mass is 307 g/mol. The number of ether oxygens (including phenoxy) is 1. The molecule has 1 unspecified atom stereocenters. The van der Waals surface area contributed by atoms with E-state index in [-0.39, 0.29) is 12.5 Å². The van der Waals surface area contributed by atoms with Gasteiger partial charge in [-0.1, -0.05) is 44.2 Å². The van der Waals surface area contributed by atoms with Crippen LogP contribution in [0.5, 0.6) is 0 Å². The Hall–Kier alpha value is -2.37. The fourth-order valence-corrected chi connectivity index (χ4v) is 1.85. The topological polar surface area (TPSA) is 92.7 Å². The third-order valence-corrected chi connectivity index (χ3v) is 3.26. The maximum Gasteiger partial charge on any atom is 0.408 e. The van der Waals surface area contributed by atoms with Crippen LogP contribution in [0.3, 0.4) is 0 Å². The summed E-state index contributed by atoms with van der Waals surface area (Å²) in [6, 6.07) is 8.23.